The molecule has 4 fully saturated rings. The van der Waals surface area contributed by atoms with Crippen LogP contribution in [0.5, 0.6) is 23.0 Å². The molecular weight excluding hydrogens is 1490 g/mol. The molecule has 0 aromatic heterocycles. The number of esters is 8. The molecule has 0 radical (unpaired) electrons. The third-order valence-electron chi connectivity index (χ3n) is 22.6. The van der Waals surface area contributed by atoms with Crippen LogP contribution in [0.15, 0.2) is 211 Å². The first-order valence-electron chi connectivity index (χ1n) is 40.2. The lowest BCUT2D eigenvalue weighted by Gasteiger charge is -2.39. The van der Waals surface area contributed by atoms with Crippen molar-refractivity contribution in [1.29, 1.82) is 10.5 Å². The molecular formula is C93H100N8O16. The summed E-state index contributed by atoms with van der Waals surface area (Å²) in [5, 5.41) is 23.1. The molecule has 24 heteroatoms. The van der Waals surface area contributed by atoms with Gasteiger partial charge in [-0.1, -0.05) is 128 Å². The van der Waals surface area contributed by atoms with Crippen molar-refractivity contribution in [2.45, 2.75) is 158 Å². The molecule has 0 bridgehead atoms. The molecule has 608 valence electrons. The zero-order valence-corrected chi connectivity index (χ0v) is 68.0. The highest BCUT2D eigenvalue weighted by molar-refractivity contribution is 6.05. The standard InChI is InChI=1S/C93H100N8O16/c1-89(2)47-65(75(71(51-89)98-39-23-24-40-98)83(104)114-61-31-15-11-16-32-61)69(55-94)81(102)110-57-93(58-111-82(103)70(56-95)66-48-90(3,4)52-72(99-41-25-26-42-99)76(66)84(105)115-62-33-17-12-18-34-62,59-112-87(108)79(96-9)67-49-91(5,6)53-73(100-43-27-28-44-100)77(67)85(106)116-63-35-19-13-20-36-63)60-113-88(109)80(97-10)68-50-92(7,8)54-74(101-45-29-30-46-101)78(68)86(107)117-64-37-21-14-22-38-64/h11-22,31-38H,23-30,39-54,57-60H2,1-8H3/b69-65+,70-66+,79-67-,80-68+. The van der Waals surface area contributed by atoms with E-state index in [1.807, 2.05) is 87.1 Å². The Labute approximate surface area is 683 Å². The second-order valence-electron chi connectivity index (χ2n) is 34.6. The first-order chi connectivity index (χ1) is 56.0. The number of rotatable bonds is 24. The molecule has 4 aliphatic carbocycles. The lowest BCUT2D eigenvalue weighted by atomic mass is 9.72. The van der Waals surface area contributed by atoms with E-state index >= 15 is 38.4 Å². The molecule has 4 heterocycles. The first-order valence-corrected chi connectivity index (χ1v) is 40.2. The average Bonchev–Trinajstić information content (AvgIpc) is 1.47. The SMILES string of the molecule is [C-]#[N+]/C(C(=O)OCC(COC(=O)/C(C#N)=C1\CC(C)(C)CC(N2CCCC2)=C1C(=O)Oc1ccccc1)(COC(=O)/C(C#N)=C1\CC(C)(C)CC(N2CCCC2)=C1C(=O)Oc1ccccc1)COC(=O)/C([N+]#[C-])=C1/CC(C)(C)CC(N2CCCC2)=C1C(=O)Oc1ccccc1)=C1/CC(C)(C)CC(N2CCCC2)=C1C(=O)Oc1ccccc1. The van der Waals surface area contributed by atoms with Gasteiger partial charge in [-0.15, -0.1) is 0 Å². The molecule has 0 atom stereocenters. The molecule has 12 rings (SSSR count). The van der Waals surface area contributed by atoms with Crippen molar-refractivity contribution in [3.05, 3.63) is 234 Å². The summed E-state index contributed by atoms with van der Waals surface area (Å²) in [6.07, 6.45) is 7.59. The summed E-state index contributed by atoms with van der Waals surface area (Å²) in [5.41, 5.74) is -5.84. The van der Waals surface area contributed by atoms with Crippen LogP contribution in [0.4, 0.5) is 0 Å². The maximum absolute atomic E-state index is 15.8. The van der Waals surface area contributed by atoms with Gasteiger partial charge in [0.2, 0.25) is 0 Å². The highest BCUT2D eigenvalue weighted by atomic mass is 16.6. The Bertz CT molecular complexity index is 4380. The zero-order chi connectivity index (χ0) is 83.4. The second kappa shape index (κ2) is 36.3. The maximum atomic E-state index is 15.8. The maximum Gasteiger partial charge on any atom is 0.349 e. The number of carbonyl (C=O) groups excluding carboxylic acids is 8. The fraction of sp³-hybridized carbons (Fsp3) is 0.441. The minimum Gasteiger partial charge on any atom is -0.470 e. The van der Waals surface area contributed by atoms with E-state index in [2.05, 4.69) is 9.69 Å². The molecule has 0 amide bonds. The molecule has 4 aromatic carbocycles. The molecule has 8 aliphatic rings. The number of benzene rings is 4. The second-order valence-corrected chi connectivity index (χ2v) is 34.6. The van der Waals surface area contributed by atoms with E-state index in [1.54, 1.807) is 121 Å². The fourth-order valence-electron chi connectivity index (χ4n) is 17.1. The lowest BCUT2D eigenvalue weighted by Crippen LogP contribution is -2.44. The van der Waals surface area contributed by atoms with Crippen molar-refractivity contribution < 1.29 is 76.3 Å². The number of allylic oxidation sites excluding steroid dienone is 4. The normalized spacial score (nSPS) is 20.7. The number of likely N-dealkylation sites (tertiary alicyclic amines) is 4. The minimum absolute atomic E-state index is 0.0112. The average molecular weight is 1590 g/mol. The van der Waals surface area contributed by atoms with Crippen molar-refractivity contribution in [2.75, 3.05) is 78.8 Å². The molecule has 117 heavy (non-hydrogen) atoms. The Balaban J connectivity index is 1.03. The molecule has 0 unspecified atom stereocenters. The van der Waals surface area contributed by atoms with Gasteiger partial charge in [-0.3, -0.25) is 9.59 Å². The topological polar surface area (TPSA) is 280 Å². The van der Waals surface area contributed by atoms with E-state index < -0.39 is 124 Å². The number of carbonyl (C=O) groups is 8. The number of nitriles is 2. The van der Waals surface area contributed by atoms with Crippen LogP contribution in [0.1, 0.15) is 158 Å². The number of hydrogen-bond donors (Lipinski definition) is 0. The van der Waals surface area contributed by atoms with Gasteiger partial charge in [0.15, 0.2) is 0 Å². The smallest absolute Gasteiger partial charge is 0.349 e. The van der Waals surface area contributed by atoms with Crippen LogP contribution in [-0.2, 0) is 57.3 Å². The highest BCUT2D eigenvalue weighted by Gasteiger charge is 2.48. The summed E-state index contributed by atoms with van der Waals surface area (Å²) in [6, 6.07) is 37.3. The van der Waals surface area contributed by atoms with Crippen molar-refractivity contribution in [3.8, 4) is 35.1 Å². The summed E-state index contributed by atoms with van der Waals surface area (Å²) < 4.78 is 49.7. The molecule has 4 aromatic rings. The summed E-state index contributed by atoms with van der Waals surface area (Å²) in [5.74, 6) is -8.05. The Morgan fingerprint density at radius 3 is 0.778 bits per heavy atom. The largest absolute Gasteiger partial charge is 0.470 e. The van der Waals surface area contributed by atoms with E-state index in [0.29, 0.717) is 101 Å². The van der Waals surface area contributed by atoms with Gasteiger partial charge in [0.1, 0.15) is 78.1 Å². The zero-order valence-electron chi connectivity index (χ0n) is 68.0. The van der Waals surface area contributed by atoms with E-state index in [-0.39, 0.29) is 93.3 Å². The van der Waals surface area contributed by atoms with Crippen molar-refractivity contribution in [3.63, 3.8) is 0 Å². The third-order valence-corrected chi connectivity index (χ3v) is 22.6. The van der Waals surface area contributed by atoms with Crippen LogP contribution in [-0.4, -0.2) is 146 Å². The summed E-state index contributed by atoms with van der Waals surface area (Å²) >= 11 is 0. The Kier molecular flexibility index (Phi) is 26.1. The lowest BCUT2D eigenvalue weighted by molar-refractivity contribution is -0.165. The van der Waals surface area contributed by atoms with E-state index in [0.717, 1.165) is 51.4 Å². The molecule has 4 saturated heterocycles. The Hall–Kier alpha value is -12.3. The van der Waals surface area contributed by atoms with Crippen LogP contribution < -0.4 is 18.9 Å². The Morgan fingerprint density at radius 1 is 0.342 bits per heavy atom. The predicted octanol–water partition coefficient (Wildman–Crippen LogP) is 15.2. The van der Waals surface area contributed by atoms with Gasteiger partial charge in [-0.05, 0) is 195 Å². The van der Waals surface area contributed by atoms with Crippen LogP contribution in [0.3, 0.4) is 0 Å². The van der Waals surface area contributed by atoms with E-state index in [1.165, 1.54) is 0 Å². The summed E-state index contributed by atoms with van der Waals surface area (Å²) in [7, 11) is 0. The van der Waals surface area contributed by atoms with Gasteiger partial charge in [-0.2, -0.15) is 10.5 Å². The molecule has 0 N–H and O–H groups in total. The van der Waals surface area contributed by atoms with Gasteiger partial charge < -0.3 is 57.5 Å². The summed E-state index contributed by atoms with van der Waals surface area (Å²) in [6.45, 7) is 33.2. The molecule has 24 nitrogen and oxygen atoms in total. The number of hydrogen-bond acceptors (Lipinski definition) is 22. The highest BCUT2D eigenvalue weighted by Crippen LogP contribution is 2.51. The van der Waals surface area contributed by atoms with Crippen LogP contribution in [0.2, 0.25) is 0 Å². The van der Waals surface area contributed by atoms with E-state index in [4.69, 9.17) is 51.0 Å². The third kappa shape index (κ3) is 20.0. The first kappa shape index (κ1) is 84.1. The molecule has 0 spiro atoms. The monoisotopic (exact) mass is 1580 g/mol. The van der Waals surface area contributed by atoms with Crippen molar-refractivity contribution in [1.82, 2.24) is 19.6 Å². The van der Waals surface area contributed by atoms with Gasteiger partial charge >= 0.3 is 47.8 Å². The van der Waals surface area contributed by atoms with Gasteiger partial charge in [0.05, 0.1) is 35.4 Å². The minimum atomic E-state index is -2.44. The fourth-order valence-corrected chi connectivity index (χ4v) is 17.1. The van der Waals surface area contributed by atoms with Crippen LogP contribution >= 0.6 is 0 Å². The van der Waals surface area contributed by atoms with Gasteiger partial charge in [0, 0.05) is 75.1 Å². The van der Waals surface area contributed by atoms with Crippen LogP contribution in [0.25, 0.3) is 9.69 Å². The Morgan fingerprint density at radius 2 is 0.556 bits per heavy atom. The molecule has 4 aliphatic heterocycles. The number of para-hydroxylation sites is 4. The molecule has 0 saturated carbocycles. The van der Waals surface area contributed by atoms with Gasteiger partial charge in [-0.25, -0.2) is 38.5 Å². The van der Waals surface area contributed by atoms with E-state index in [9.17, 15) is 10.5 Å². The summed E-state index contributed by atoms with van der Waals surface area (Å²) in [4.78, 5) is 139. The number of ether oxygens (including phenoxy) is 8. The van der Waals surface area contributed by atoms with Crippen molar-refractivity contribution >= 4 is 47.8 Å². The van der Waals surface area contributed by atoms with Crippen LogP contribution in [0, 0.1) is 62.9 Å². The quantitative estimate of drug-likeness (QED) is 0.0157. The number of nitrogens with zero attached hydrogens (tertiary/aromatic N) is 8. The van der Waals surface area contributed by atoms with Crippen molar-refractivity contribution in [2.24, 2.45) is 27.1 Å². The van der Waals surface area contributed by atoms with Gasteiger partial charge in [0.25, 0.3) is 11.4 Å². The predicted molar refractivity (Wildman–Crippen MR) is 431 cm³/mol.